The molecular formula is C17H20N2O. The Kier molecular flexibility index (Phi) is 2.01. The molecule has 4 aliphatic rings. The molecule has 0 spiro atoms. The van der Waals surface area contributed by atoms with E-state index in [1.165, 1.54) is 48.2 Å². The largest absolute Gasteiger partial charge is 0.390 e. The molecule has 2 N–H and O–H groups in total. The Hall–Kier alpha value is -1.48. The zero-order valence-electron chi connectivity index (χ0n) is 11.7. The van der Waals surface area contributed by atoms with Gasteiger partial charge in [-0.15, -0.1) is 0 Å². The number of hydrogen-bond acceptors (Lipinski definition) is 2. The van der Waals surface area contributed by atoms with Crippen LogP contribution in [0.2, 0.25) is 0 Å². The molecule has 1 saturated heterocycles. The fraction of sp³-hybridized carbons (Fsp3) is 0.529. The molecule has 6 rings (SSSR count). The maximum atomic E-state index is 10.1. The highest BCUT2D eigenvalue weighted by Crippen LogP contribution is 2.46. The quantitative estimate of drug-likeness (QED) is 0.879. The van der Waals surface area contributed by atoms with Crippen molar-refractivity contribution in [2.75, 3.05) is 18.0 Å². The van der Waals surface area contributed by atoms with E-state index in [4.69, 9.17) is 0 Å². The molecule has 3 aliphatic heterocycles. The number of nitrogens with one attached hydrogen (secondary N) is 1. The number of hydrogen-bond donors (Lipinski definition) is 2. The number of aromatic nitrogens is 1. The average Bonchev–Trinajstić information content (AvgIpc) is 3.05. The molecule has 2 bridgehead atoms. The van der Waals surface area contributed by atoms with Gasteiger partial charge in [-0.1, -0.05) is 6.07 Å². The summed E-state index contributed by atoms with van der Waals surface area (Å²) in [5.74, 6) is 2.10. The van der Waals surface area contributed by atoms with Crippen molar-refractivity contribution in [3.05, 3.63) is 29.3 Å². The molecular weight excluding hydrogens is 248 g/mol. The van der Waals surface area contributed by atoms with Crippen LogP contribution in [0.1, 0.15) is 42.7 Å². The standard InChI is InChI=1S/C17H20N2O/c20-17(5-6-17)10-11-1-2-14-13(9-11)15-12-3-7-19(8-4-12)16(15)18-14/h1-2,9,12,18,20H,3-8,10H2. The Labute approximate surface area is 118 Å². The Morgan fingerprint density at radius 2 is 2.05 bits per heavy atom. The Morgan fingerprint density at radius 1 is 1.25 bits per heavy atom. The van der Waals surface area contributed by atoms with Crippen LogP contribution in [0.25, 0.3) is 10.9 Å². The second-order valence-corrected chi connectivity index (χ2v) is 6.93. The molecule has 0 atom stereocenters. The summed E-state index contributed by atoms with van der Waals surface area (Å²) in [6.07, 6.45) is 5.35. The normalized spacial score (nSPS) is 23.4. The van der Waals surface area contributed by atoms with E-state index >= 15 is 0 Å². The first kappa shape index (κ1) is 11.2. The number of aliphatic hydroxyl groups is 1. The van der Waals surface area contributed by atoms with Gasteiger partial charge in [0.2, 0.25) is 0 Å². The first-order valence-corrected chi connectivity index (χ1v) is 7.84. The third kappa shape index (κ3) is 1.50. The molecule has 4 heterocycles. The summed E-state index contributed by atoms with van der Waals surface area (Å²) in [5.41, 5.74) is 3.70. The van der Waals surface area contributed by atoms with Gasteiger partial charge in [0, 0.05) is 36.0 Å². The molecule has 1 saturated carbocycles. The highest BCUT2D eigenvalue weighted by Gasteiger charge is 2.40. The number of aromatic amines is 1. The van der Waals surface area contributed by atoms with Crippen LogP contribution in [-0.2, 0) is 6.42 Å². The fourth-order valence-electron chi connectivity index (χ4n) is 4.11. The van der Waals surface area contributed by atoms with Crippen LogP contribution in [0.3, 0.4) is 0 Å². The molecule has 3 nitrogen and oxygen atoms in total. The zero-order valence-corrected chi connectivity index (χ0v) is 11.7. The van der Waals surface area contributed by atoms with Crippen LogP contribution in [0.4, 0.5) is 5.82 Å². The van der Waals surface area contributed by atoms with Crippen LogP contribution in [0.5, 0.6) is 0 Å². The number of nitrogens with zero attached hydrogens (tertiary/aromatic N) is 1. The average molecular weight is 268 g/mol. The molecule has 0 amide bonds. The lowest BCUT2D eigenvalue weighted by atomic mass is 9.84. The molecule has 20 heavy (non-hydrogen) atoms. The topological polar surface area (TPSA) is 39.3 Å². The Bertz CT molecular complexity index is 690. The van der Waals surface area contributed by atoms with E-state index in [0.717, 1.165) is 25.2 Å². The summed E-state index contributed by atoms with van der Waals surface area (Å²) in [7, 11) is 0. The maximum Gasteiger partial charge on any atom is 0.110 e. The SMILES string of the molecule is OC1(Cc2ccc3[nH]c4c(c3c2)C2CCN4CC2)CC1. The monoisotopic (exact) mass is 268 g/mol. The van der Waals surface area contributed by atoms with E-state index in [-0.39, 0.29) is 0 Å². The summed E-state index contributed by atoms with van der Waals surface area (Å²) in [6, 6.07) is 6.70. The van der Waals surface area contributed by atoms with E-state index in [1.807, 2.05) is 0 Å². The zero-order chi connectivity index (χ0) is 13.3. The predicted octanol–water partition coefficient (Wildman–Crippen LogP) is 2.93. The van der Waals surface area contributed by atoms with Gasteiger partial charge >= 0.3 is 0 Å². The fourth-order valence-corrected chi connectivity index (χ4v) is 4.11. The maximum absolute atomic E-state index is 10.1. The van der Waals surface area contributed by atoms with Gasteiger partial charge in [-0.25, -0.2) is 0 Å². The van der Waals surface area contributed by atoms with Crippen LogP contribution in [-0.4, -0.2) is 28.8 Å². The molecule has 1 aliphatic carbocycles. The lowest BCUT2D eigenvalue weighted by Crippen LogP contribution is -2.38. The van der Waals surface area contributed by atoms with Crippen LogP contribution in [0.15, 0.2) is 18.2 Å². The minimum absolute atomic E-state index is 0.396. The molecule has 104 valence electrons. The van der Waals surface area contributed by atoms with Gasteiger partial charge in [-0.3, -0.25) is 0 Å². The predicted molar refractivity (Wildman–Crippen MR) is 80.4 cm³/mol. The van der Waals surface area contributed by atoms with Crippen molar-refractivity contribution >= 4 is 16.7 Å². The van der Waals surface area contributed by atoms with Crippen molar-refractivity contribution in [3.63, 3.8) is 0 Å². The second-order valence-electron chi connectivity index (χ2n) is 6.93. The number of anilines is 1. The Morgan fingerprint density at radius 3 is 2.80 bits per heavy atom. The third-order valence-corrected chi connectivity index (χ3v) is 5.46. The van der Waals surface area contributed by atoms with E-state index < -0.39 is 5.60 Å². The van der Waals surface area contributed by atoms with Gasteiger partial charge < -0.3 is 15.0 Å². The van der Waals surface area contributed by atoms with Crippen molar-refractivity contribution < 1.29 is 5.11 Å². The van der Waals surface area contributed by atoms with Crippen molar-refractivity contribution in [3.8, 4) is 0 Å². The van der Waals surface area contributed by atoms with Crippen molar-refractivity contribution in [2.45, 2.75) is 43.6 Å². The third-order valence-electron chi connectivity index (χ3n) is 5.46. The minimum Gasteiger partial charge on any atom is -0.390 e. The summed E-state index contributed by atoms with van der Waals surface area (Å²) < 4.78 is 0. The van der Waals surface area contributed by atoms with E-state index in [0.29, 0.717) is 0 Å². The minimum atomic E-state index is -0.396. The summed E-state index contributed by atoms with van der Waals surface area (Å²) in [4.78, 5) is 6.12. The highest BCUT2D eigenvalue weighted by atomic mass is 16.3. The van der Waals surface area contributed by atoms with Crippen LogP contribution >= 0.6 is 0 Å². The first-order chi connectivity index (χ1) is 9.72. The molecule has 3 heteroatoms. The van der Waals surface area contributed by atoms with Gasteiger partial charge in [0.05, 0.1) is 5.60 Å². The molecule has 1 aromatic heterocycles. The van der Waals surface area contributed by atoms with E-state index in [2.05, 4.69) is 28.1 Å². The lowest BCUT2D eigenvalue weighted by Gasteiger charge is -2.40. The van der Waals surface area contributed by atoms with Crippen LogP contribution < -0.4 is 4.90 Å². The van der Waals surface area contributed by atoms with Gasteiger partial charge in [0.15, 0.2) is 0 Å². The molecule has 2 fully saturated rings. The van der Waals surface area contributed by atoms with E-state index in [1.54, 1.807) is 5.56 Å². The van der Waals surface area contributed by atoms with E-state index in [9.17, 15) is 5.11 Å². The number of piperidine rings is 1. The summed E-state index contributed by atoms with van der Waals surface area (Å²) in [6.45, 7) is 2.41. The van der Waals surface area contributed by atoms with Gasteiger partial charge in [0.25, 0.3) is 0 Å². The van der Waals surface area contributed by atoms with Gasteiger partial charge in [-0.2, -0.15) is 0 Å². The molecule has 0 radical (unpaired) electrons. The Balaban J connectivity index is 1.65. The lowest BCUT2D eigenvalue weighted by molar-refractivity contribution is 0.151. The second kappa shape index (κ2) is 3.59. The molecule has 2 aromatic rings. The van der Waals surface area contributed by atoms with Crippen LogP contribution in [0, 0.1) is 0 Å². The summed E-state index contributed by atoms with van der Waals surface area (Å²) >= 11 is 0. The van der Waals surface area contributed by atoms with Gasteiger partial charge in [0.1, 0.15) is 5.82 Å². The highest BCUT2D eigenvalue weighted by molar-refractivity contribution is 5.91. The smallest absolute Gasteiger partial charge is 0.110 e. The number of fused-ring (bicyclic) bond motifs is 3. The molecule has 0 unspecified atom stereocenters. The summed E-state index contributed by atoms with van der Waals surface area (Å²) in [5, 5.41) is 11.5. The number of H-pyrrole nitrogens is 1. The number of benzene rings is 1. The van der Waals surface area contributed by atoms with Crippen molar-refractivity contribution in [1.82, 2.24) is 4.98 Å². The molecule has 1 aromatic carbocycles. The van der Waals surface area contributed by atoms with Crippen molar-refractivity contribution in [2.24, 2.45) is 0 Å². The van der Waals surface area contributed by atoms with Gasteiger partial charge in [-0.05, 0) is 49.3 Å². The first-order valence-electron chi connectivity index (χ1n) is 7.84. The number of rotatable bonds is 2. The van der Waals surface area contributed by atoms with Crippen molar-refractivity contribution in [1.29, 1.82) is 0 Å².